The van der Waals surface area contributed by atoms with Crippen LogP contribution < -0.4 is 0 Å². The summed E-state index contributed by atoms with van der Waals surface area (Å²) in [6.45, 7) is 0.548. The minimum atomic E-state index is -0.808. The zero-order valence-electron chi connectivity index (χ0n) is 8.25. The monoisotopic (exact) mass is 264 g/mol. The normalized spacial score (nSPS) is 20.6. The molecule has 0 aromatic carbocycles. The van der Waals surface area contributed by atoms with E-state index in [0.717, 1.165) is 12.8 Å². The lowest BCUT2D eigenvalue weighted by atomic mass is 9.98. The first-order valence-corrected chi connectivity index (χ1v) is 6.10. The molecular formula is C10H17BrO3. The summed E-state index contributed by atoms with van der Waals surface area (Å²) in [4.78, 5) is 10.0. The zero-order chi connectivity index (χ0) is 10.4. The molecule has 0 aromatic rings. The van der Waals surface area contributed by atoms with E-state index in [2.05, 4.69) is 15.9 Å². The van der Waals surface area contributed by atoms with E-state index in [1.807, 2.05) is 0 Å². The summed E-state index contributed by atoms with van der Waals surface area (Å²) < 4.78 is 5.61. The molecule has 1 N–H and O–H groups in total. The fraction of sp³-hybridized carbons (Fsp3) is 0.900. The number of hydrogen-bond acceptors (Lipinski definition) is 2. The van der Waals surface area contributed by atoms with Gasteiger partial charge in [0, 0.05) is 6.61 Å². The highest BCUT2D eigenvalue weighted by molar-refractivity contribution is 9.10. The minimum absolute atomic E-state index is 0.372. The molecule has 0 aliphatic heterocycles. The van der Waals surface area contributed by atoms with Gasteiger partial charge in [0.15, 0.2) is 0 Å². The molecular weight excluding hydrogens is 248 g/mol. The Bertz CT molecular complexity index is 178. The summed E-state index contributed by atoms with van der Waals surface area (Å²) in [5.74, 6) is -0.808. The zero-order valence-corrected chi connectivity index (χ0v) is 9.83. The highest BCUT2D eigenvalue weighted by Crippen LogP contribution is 2.20. The Kier molecular flexibility index (Phi) is 5.48. The smallest absolute Gasteiger partial charge is 0.317 e. The molecule has 0 heterocycles. The maximum atomic E-state index is 10.5. The van der Waals surface area contributed by atoms with Gasteiger partial charge in [-0.05, 0) is 19.3 Å². The Morgan fingerprint density at radius 3 is 2.64 bits per heavy atom. The topological polar surface area (TPSA) is 46.5 Å². The minimum Gasteiger partial charge on any atom is -0.480 e. The van der Waals surface area contributed by atoms with E-state index in [0.29, 0.717) is 19.1 Å². The Labute approximate surface area is 93.0 Å². The van der Waals surface area contributed by atoms with Crippen LogP contribution in [-0.2, 0) is 9.53 Å². The second kappa shape index (κ2) is 6.40. The van der Waals surface area contributed by atoms with E-state index in [9.17, 15) is 4.79 Å². The number of ether oxygens (including phenoxy) is 1. The molecule has 82 valence electrons. The van der Waals surface area contributed by atoms with Crippen LogP contribution in [0.1, 0.15) is 38.5 Å². The third-order valence-corrected chi connectivity index (χ3v) is 3.39. The lowest BCUT2D eigenvalue weighted by molar-refractivity contribution is -0.136. The molecule has 1 fully saturated rings. The molecule has 1 aliphatic rings. The van der Waals surface area contributed by atoms with Crippen LogP contribution in [0.5, 0.6) is 0 Å². The number of carboxylic acids is 1. The van der Waals surface area contributed by atoms with Crippen molar-refractivity contribution in [1.29, 1.82) is 0 Å². The SMILES string of the molecule is O=C(O)[C@H](Br)CCOC1CCCCC1. The first-order chi connectivity index (χ1) is 6.70. The molecule has 0 amide bonds. The van der Waals surface area contributed by atoms with Gasteiger partial charge in [0.25, 0.3) is 0 Å². The fourth-order valence-corrected chi connectivity index (χ4v) is 1.88. The Morgan fingerprint density at radius 1 is 1.43 bits per heavy atom. The summed E-state index contributed by atoms with van der Waals surface area (Å²) in [6, 6.07) is 0. The van der Waals surface area contributed by atoms with Gasteiger partial charge in [-0.2, -0.15) is 0 Å². The van der Waals surface area contributed by atoms with Crippen molar-refractivity contribution in [2.24, 2.45) is 0 Å². The number of halogens is 1. The van der Waals surface area contributed by atoms with Gasteiger partial charge < -0.3 is 9.84 Å². The first kappa shape index (κ1) is 12.0. The van der Waals surface area contributed by atoms with Crippen LogP contribution in [0.3, 0.4) is 0 Å². The largest absolute Gasteiger partial charge is 0.480 e. The van der Waals surface area contributed by atoms with E-state index >= 15 is 0 Å². The van der Waals surface area contributed by atoms with Crippen LogP contribution in [0.2, 0.25) is 0 Å². The Morgan fingerprint density at radius 2 is 2.07 bits per heavy atom. The van der Waals surface area contributed by atoms with Crippen LogP contribution in [0, 0.1) is 0 Å². The standard InChI is InChI=1S/C10H17BrO3/c11-9(10(12)13)6-7-14-8-4-2-1-3-5-8/h8-9H,1-7H2,(H,12,13)/t9-/m1/s1. The Balaban J connectivity index is 2.05. The van der Waals surface area contributed by atoms with Gasteiger partial charge in [-0.15, -0.1) is 0 Å². The number of carboxylic acid groups (broad SMARTS) is 1. The quantitative estimate of drug-likeness (QED) is 0.777. The molecule has 1 rings (SSSR count). The molecule has 0 radical (unpaired) electrons. The van der Waals surface area contributed by atoms with Crippen LogP contribution in [0.4, 0.5) is 0 Å². The van der Waals surface area contributed by atoms with Crippen molar-refractivity contribution >= 4 is 21.9 Å². The number of rotatable bonds is 5. The maximum Gasteiger partial charge on any atom is 0.317 e. The van der Waals surface area contributed by atoms with E-state index in [1.54, 1.807) is 0 Å². The van der Waals surface area contributed by atoms with Crippen molar-refractivity contribution in [3.05, 3.63) is 0 Å². The highest BCUT2D eigenvalue weighted by atomic mass is 79.9. The van der Waals surface area contributed by atoms with Crippen molar-refractivity contribution in [3.63, 3.8) is 0 Å². The number of aliphatic carboxylic acids is 1. The summed E-state index contributed by atoms with van der Waals surface area (Å²) >= 11 is 3.09. The average molecular weight is 265 g/mol. The molecule has 0 aromatic heterocycles. The molecule has 0 saturated heterocycles. The van der Waals surface area contributed by atoms with Gasteiger partial charge in [0.1, 0.15) is 4.83 Å². The maximum absolute atomic E-state index is 10.5. The predicted octanol–water partition coefficient (Wildman–Crippen LogP) is 2.57. The van der Waals surface area contributed by atoms with Crippen molar-refractivity contribution in [2.45, 2.75) is 49.5 Å². The van der Waals surface area contributed by atoms with Gasteiger partial charge >= 0.3 is 5.97 Å². The molecule has 1 aliphatic carbocycles. The first-order valence-electron chi connectivity index (χ1n) is 5.18. The number of hydrogen-bond donors (Lipinski definition) is 1. The summed E-state index contributed by atoms with van der Waals surface area (Å²) in [6.07, 6.45) is 7.02. The van der Waals surface area contributed by atoms with Crippen LogP contribution in [0.15, 0.2) is 0 Å². The molecule has 1 saturated carbocycles. The second-order valence-corrected chi connectivity index (χ2v) is 4.83. The summed E-state index contributed by atoms with van der Waals surface area (Å²) in [5.41, 5.74) is 0. The van der Waals surface area contributed by atoms with E-state index in [1.165, 1.54) is 19.3 Å². The van der Waals surface area contributed by atoms with E-state index in [4.69, 9.17) is 9.84 Å². The number of carbonyl (C=O) groups is 1. The molecule has 0 bridgehead atoms. The molecule has 0 unspecified atom stereocenters. The van der Waals surface area contributed by atoms with Crippen LogP contribution >= 0.6 is 15.9 Å². The third kappa shape index (κ3) is 4.42. The van der Waals surface area contributed by atoms with Crippen LogP contribution in [-0.4, -0.2) is 28.6 Å². The molecule has 3 nitrogen and oxygen atoms in total. The number of alkyl halides is 1. The van der Waals surface area contributed by atoms with Gasteiger partial charge in [-0.3, -0.25) is 4.79 Å². The lowest BCUT2D eigenvalue weighted by Gasteiger charge is -2.22. The van der Waals surface area contributed by atoms with Gasteiger partial charge in [-0.25, -0.2) is 0 Å². The van der Waals surface area contributed by atoms with Gasteiger partial charge in [0.05, 0.1) is 6.10 Å². The van der Waals surface area contributed by atoms with Gasteiger partial charge in [0.2, 0.25) is 0 Å². The molecule has 14 heavy (non-hydrogen) atoms. The van der Waals surface area contributed by atoms with Crippen molar-refractivity contribution in [1.82, 2.24) is 0 Å². The van der Waals surface area contributed by atoms with Crippen molar-refractivity contribution < 1.29 is 14.6 Å². The molecule has 0 spiro atoms. The fourth-order valence-electron chi connectivity index (χ4n) is 1.69. The van der Waals surface area contributed by atoms with Crippen molar-refractivity contribution in [3.8, 4) is 0 Å². The van der Waals surface area contributed by atoms with E-state index < -0.39 is 10.8 Å². The van der Waals surface area contributed by atoms with Crippen LogP contribution in [0.25, 0.3) is 0 Å². The van der Waals surface area contributed by atoms with Crippen molar-refractivity contribution in [2.75, 3.05) is 6.61 Å². The summed E-state index contributed by atoms with van der Waals surface area (Å²) in [7, 11) is 0. The molecule has 1 atom stereocenters. The summed E-state index contributed by atoms with van der Waals surface area (Å²) in [5, 5.41) is 8.62. The average Bonchev–Trinajstić information content (AvgIpc) is 2.19. The Hall–Kier alpha value is -0.0900. The highest BCUT2D eigenvalue weighted by Gasteiger charge is 2.16. The lowest BCUT2D eigenvalue weighted by Crippen LogP contribution is -2.20. The van der Waals surface area contributed by atoms with E-state index in [-0.39, 0.29) is 0 Å². The molecule has 4 heteroatoms. The third-order valence-electron chi connectivity index (χ3n) is 2.55. The predicted molar refractivity (Wildman–Crippen MR) is 57.8 cm³/mol. The van der Waals surface area contributed by atoms with Gasteiger partial charge in [-0.1, -0.05) is 35.2 Å². The second-order valence-electron chi connectivity index (χ2n) is 3.73.